The Morgan fingerprint density at radius 2 is 1.55 bits per heavy atom. The SMILES string of the molecule is COc1cc(OC)c(C=CNS(=O)(=O)CC(C(=O)O)(c2ccccc2OC)N2CCN(C)CC2)c(OC)c1. The van der Waals surface area contributed by atoms with E-state index in [0.717, 1.165) is 0 Å². The van der Waals surface area contributed by atoms with Crippen LogP contribution in [0.25, 0.3) is 6.08 Å². The number of piperazine rings is 1. The van der Waals surface area contributed by atoms with E-state index in [1.54, 1.807) is 41.3 Å². The molecule has 0 aliphatic carbocycles. The number of methoxy groups -OCH3 is 4. The monoisotopic (exact) mass is 549 g/mol. The number of likely N-dealkylation sites (N-methyl/N-ethyl adjacent to an activating group) is 1. The highest BCUT2D eigenvalue weighted by Gasteiger charge is 2.51. The first-order chi connectivity index (χ1) is 18.1. The molecule has 0 bridgehead atoms. The van der Waals surface area contributed by atoms with Crippen molar-refractivity contribution in [3.05, 3.63) is 53.7 Å². The third-order valence-electron chi connectivity index (χ3n) is 6.60. The third-order valence-corrected chi connectivity index (χ3v) is 7.89. The fourth-order valence-electron chi connectivity index (χ4n) is 4.56. The Morgan fingerprint density at radius 1 is 0.974 bits per heavy atom. The van der Waals surface area contributed by atoms with Gasteiger partial charge in [0.15, 0.2) is 5.54 Å². The summed E-state index contributed by atoms with van der Waals surface area (Å²) < 4.78 is 50.8. The van der Waals surface area contributed by atoms with E-state index in [-0.39, 0.29) is 5.56 Å². The number of aliphatic carboxylic acids is 1. The summed E-state index contributed by atoms with van der Waals surface area (Å²) in [6.45, 7) is 1.92. The molecule has 1 aliphatic heterocycles. The van der Waals surface area contributed by atoms with Crippen molar-refractivity contribution < 1.29 is 37.3 Å². The van der Waals surface area contributed by atoms with Crippen LogP contribution in [0.4, 0.5) is 0 Å². The molecule has 0 saturated carbocycles. The van der Waals surface area contributed by atoms with E-state index in [0.29, 0.717) is 54.7 Å². The Balaban J connectivity index is 2.00. The van der Waals surface area contributed by atoms with Crippen LogP contribution in [0.3, 0.4) is 0 Å². The van der Waals surface area contributed by atoms with Crippen LogP contribution in [0.2, 0.25) is 0 Å². The van der Waals surface area contributed by atoms with Gasteiger partial charge in [-0.05, 0) is 19.2 Å². The second kappa shape index (κ2) is 12.4. The number of carboxylic acid groups (broad SMARTS) is 1. The number of carboxylic acids is 1. The first kappa shape index (κ1) is 29.1. The highest BCUT2D eigenvalue weighted by Crippen LogP contribution is 2.38. The average Bonchev–Trinajstić information content (AvgIpc) is 2.91. The summed E-state index contributed by atoms with van der Waals surface area (Å²) in [6, 6.07) is 9.90. The molecule has 1 unspecified atom stereocenters. The first-order valence-corrected chi connectivity index (χ1v) is 13.5. The van der Waals surface area contributed by atoms with Crippen LogP contribution in [-0.4, -0.2) is 96.7 Å². The topological polar surface area (TPSA) is 127 Å². The quantitative estimate of drug-likeness (QED) is 0.405. The van der Waals surface area contributed by atoms with Crippen molar-refractivity contribution >= 4 is 22.1 Å². The highest BCUT2D eigenvalue weighted by atomic mass is 32.2. The number of ether oxygens (including phenoxy) is 4. The van der Waals surface area contributed by atoms with E-state index in [2.05, 4.69) is 9.62 Å². The smallest absolute Gasteiger partial charge is 0.330 e. The molecule has 2 aromatic carbocycles. The maximum atomic E-state index is 13.4. The second-order valence-corrected chi connectivity index (χ2v) is 10.6. The lowest BCUT2D eigenvalue weighted by atomic mass is 9.88. The molecule has 38 heavy (non-hydrogen) atoms. The maximum absolute atomic E-state index is 13.4. The summed E-state index contributed by atoms with van der Waals surface area (Å²) in [7, 11) is 3.65. The molecule has 0 radical (unpaired) electrons. The van der Waals surface area contributed by atoms with E-state index in [4.69, 9.17) is 18.9 Å². The van der Waals surface area contributed by atoms with E-state index in [9.17, 15) is 18.3 Å². The summed E-state index contributed by atoms with van der Waals surface area (Å²) in [5, 5.41) is 10.6. The Labute approximate surface area is 223 Å². The van der Waals surface area contributed by atoms with Crippen LogP contribution in [0.1, 0.15) is 11.1 Å². The van der Waals surface area contributed by atoms with Gasteiger partial charge in [0.2, 0.25) is 10.0 Å². The van der Waals surface area contributed by atoms with E-state index < -0.39 is 27.3 Å². The molecule has 1 saturated heterocycles. The van der Waals surface area contributed by atoms with Gasteiger partial charge < -0.3 is 29.0 Å². The number of nitrogens with one attached hydrogen (secondary N) is 1. The van der Waals surface area contributed by atoms with Gasteiger partial charge in [-0.3, -0.25) is 9.62 Å². The molecule has 0 amide bonds. The van der Waals surface area contributed by atoms with Gasteiger partial charge in [-0.15, -0.1) is 0 Å². The minimum absolute atomic E-state index is 0.271. The lowest BCUT2D eigenvalue weighted by Gasteiger charge is -2.44. The van der Waals surface area contributed by atoms with Gasteiger partial charge in [0.1, 0.15) is 28.8 Å². The predicted octanol–water partition coefficient (Wildman–Crippen LogP) is 1.84. The molecule has 11 nitrogen and oxygen atoms in total. The van der Waals surface area contributed by atoms with Crippen molar-refractivity contribution in [1.29, 1.82) is 0 Å². The van der Waals surface area contributed by atoms with Gasteiger partial charge in [0, 0.05) is 50.1 Å². The third kappa shape index (κ3) is 6.14. The van der Waals surface area contributed by atoms with Crippen molar-refractivity contribution in [1.82, 2.24) is 14.5 Å². The van der Waals surface area contributed by atoms with Crippen molar-refractivity contribution in [3.63, 3.8) is 0 Å². The van der Waals surface area contributed by atoms with E-state index >= 15 is 0 Å². The van der Waals surface area contributed by atoms with Crippen LogP contribution in [0, 0.1) is 0 Å². The Morgan fingerprint density at radius 3 is 2.08 bits per heavy atom. The summed E-state index contributed by atoms with van der Waals surface area (Å²) >= 11 is 0. The number of hydrogen-bond acceptors (Lipinski definition) is 9. The summed E-state index contributed by atoms with van der Waals surface area (Å²) in [6.07, 6.45) is 2.71. The number of rotatable bonds is 12. The van der Waals surface area contributed by atoms with Gasteiger partial charge >= 0.3 is 5.97 Å². The molecule has 12 heteroatoms. The van der Waals surface area contributed by atoms with Crippen molar-refractivity contribution in [3.8, 4) is 23.0 Å². The lowest BCUT2D eigenvalue weighted by molar-refractivity contribution is -0.152. The molecule has 1 heterocycles. The van der Waals surface area contributed by atoms with Crippen LogP contribution < -0.4 is 23.7 Å². The molecule has 2 N–H and O–H groups in total. The molecule has 1 aliphatic rings. The predicted molar refractivity (Wildman–Crippen MR) is 143 cm³/mol. The Kier molecular flexibility index (Phi) is 9.47. The minimum Gasteiger partial charge on any atom is -0.496 e. The Bertz CT molecular complexity index is 1230. The van der Waals surface area contributed by atoms with Crippen LogP contribution in [-0.2, 0) is 20.4 Å². The second-order valence-electron chi connectivity index (χ2n) is 8.81. The molecule has 208 valence electrons. The summed E-state index contributed by atoms with van der Waals surface area (Å²) in [5.41, 5.74) is -1.14. The number of carbonyl (C=O) groups is 1. The lowest BCUT2D eigenvalue weighted by Crippen LogP contribution is -2.61. The largest absolute Gasteiger partial charge is 0.496 e. The van der Waals surface area contributed by atoms with Crippen molar-refractivity contribution in [2.45, 2.75) is 5.54 Å². The number of para-hydroxylation sites is 1. The molecule has 0 aromatic heterocycles. The van der Waals surface area contributed by atoms with Crippen LogP contribution >= 0.6 is 0 Å². The van der Waals surface area contributed by atoms with E-state index in [1.807, 2.05) is 7.05 Å². The summed E-state index contributed by atoms with van der Waals surface area (Å²) in [5.74, 6) is -0.398. The molecular weight excluding hydrogens is 514 g/mol. The fraction of sp³-hybridized carbons (Fsp3) is 0.423. The van der Waals surface area contributed by atoms with Gasteiger partial charge in [-0.2, -0.15) is 0 Å². The first-order valence-electron chi connectivity index (χ1n) is 11.9. The van der Waals surface area contributed by atoms with Crippen molar-refractivity contribution in [2.75, 3.05) is 67.4 Å². The van der Waals surface area contributed by atoms with Crippen molar-refractivity contribution in [2.24, 2.45) is 0 Å². The summed E-state index contributed by atoms with van der Waals surface area (Å²) in [4.78, 5) is 16.8. The Hall–Kier alpha value is -3.48. The molecule has 1 fully saturated rings. The fourth-order valence-corrected chi connectivity index (χ4v) is 5.93. The van der Waals surface area contributed by atoms with Crippen LogP contribution in [0.5, 0.6) is 23.0 Å². The molecule has 1 atom stereocenters. The normalized spacial score (nSPS) is 16.6. The molecular formula is C26H35N3O8S. The minimum atomic E-state index is -4.18. The van der Waals surface area contributed by atoms with Gasteiger partial charge in [-0.1, -0.05) is 18.2 Å². The number of sulfonamides is 1. The van der Waals surface area contributed by atoms with Gasteiger partial charge in [-0.25, -0.2) is 13.2 Å². The zero-order valence-corrected chi connectivity index (χ0v) is 23.1. The van der Waals surface area contributed by atoms with Gasteiger partial charge in [0.05, 0.1) is 34.0 Å². The maximum Gasteiger partial charge on any atom is 0.330 e. The average molecular weight is 550 g/mol. The molecule has 2 aromatic rings. The zero-order chi connectivity index (χ0) is 27.9. The molecule has 0 spiro atoms. The standard InChI is InChI=1S/C26H35N3O8S/c1-28-12-14-29(15-13-28)26(25(30)31,21-8-6-7-9-22(21)35-3)18-38(32,33)27-11-10-20-23(36-4)16-19(34-2)17-24(20)37-5/h6-11,16-17,27H,12-15,18H2,1-5H3,(H,30,31). The van der Waals surface area contributed by atoms with E-state index in [1.165, 1.54) is 40.7 Å². The van der Waals surface area contributed by atoms with Gasteiger partial charge in [0.25, 0.3) is 0 Å². The number of benzene rings is 2. The molecule has 3 rings (SSSR count). The van der Waals surface area contributed by atoms with Crippen LogP contribution in [0.15, 0.2) is 42.6 Å². The highest BCUT2D eigenvalue weighted by molar-refractivity contribution is 7.89. The number of hydrogen-bond donors (Lipinski definition) is 2. The number of nitrogens with zero attached hydrogens (tertiary/aromatic N) is 2. The zero-order valence-electron chi connectivity index (χ0n) is 22.3.